The molecule has 1 fully saturated rings. The highest BCUT2D eigenvalue weighted by Gasteiger charge is 2.37. The molecule has 0 radical (unpaired) electrons. The van der Waals surface area contributed by atoms with E-state index in [4.69, 9.17) is 14.2 Å². The third-order valence-corrected chi connectivity index (χ3v) is 6.40. The van der Waals surface area contributed by atoms with Crippen LogP contribution in [0.4, 0.5) is 0 Å². The minimum atomic E-state index is -0.498. The highest BCUT2D eigenvalue weighted by atomic mass is 16.5. The van der Waals surface area contributed by atoms with Crippen LogP contribution in [0.25, 0.3) is 0 Å². The molecular weight excluding hydrogens is 394 g/mol. The highest BCUT2D eigenvalue weighted by molar-refractivity contribution is 5.80. The van der Waals surface area contributed by atoms with Crippen LogP contribution in [0.1, 0.15) is 52.5 Å². The van der Waals surface area contributed by atoms with Crippen LogP contribution < -0.4 is 14.8 Å². The summed E-state index contributed by atoms with van der Waals surface area (Å²) < 4.78 is 16.5. The Morgan fingerprint density at radius 2 is 1.87 bits per heavy atom. The lowest BCUT2D eigenvalue weighted by Gasteiger charge is -2.37. The molecule has 2 N–H and O–H groups in total. The van der Waals surface area contributed by atoms with E-state index in [1.165, 1.54) is 0 Å². The molecule has 0 spiro atoms. The number of aliphatic hydroxyl groups excluding tert-OH is 1. The minimum Gasteiger partial charge on any atom is -0.493 e. The molecule has 2 rings (SSSR count). The number of carbonyl (C=O) groups is 1. The van der Waals surface area contributed by atoms with Gasteiger partial charge < -0.3 is 24.6 Å². The summed E-state index contributed by atoms with van der Waals surface area (Å²) in [5.41, 5.74) is 1.16. The third-order valence-electron chi connectivity index (χ3n) is 6.40. The molecule has 1 aromatic carbocycles. The third kappa shape index (κ3) is 7.39. The van der Waals surface area contributed by atoms with Gasteiger partial charge in [0.25, 0.3) is 0 Å². The van der Waals surface area contributed by atoms with Crippen LogP contribution in [-0.2, 0) is 16.0 Å². The van der Waals surface area contributed by atoms with E-state index < -0.39 is 6.10 Å². The summed E-state index contributed by atoms with van der Waals surface area (Å²) in [4.78, 5) is 12.5. The molecule has 0 bridgehead atoms. The first-order valence-corrected chi connectivity index (χ1v) is 11.5. The zero-order valence-electron chi connectivity index (χ0n) is 20.0. The Morgan fingerprint density at radius 3 is 2.48 bits per heavy atom. The number of hydrogen-bond donors (Lipinski definition) is 2. The van der Waals surface area contributed by atoms with Gasteiger partial charge in [0.1, 0.15) is 0 Å². The maximum atomic E-state index is 12.5. The van der Waals surface area contributed by atoms with Crippen LogP contribution in [0.3, 0.4) is 0 Å². The summed E-state index contributed by atoms with van der Waals surface area (Å²) in [5, 5.41) is 13.8. The van der Waals surface area contributed by atoms with Crippen molar-refractivity contribution >= 4 is 5.91 Å². The summed E-state index contributed by atoms with van der Waals surface area (Å²) in [5.74, 6) is 2.40. The van der Waals surface area contributed by atoms with E-state index >= 15 is 0 Å². The molecule has 1 heterocycles. The molecule has 1 amide bonds. The van der Waals surface area contributed by atoms with E-state index in [1.807, 2.05) is 26.0 Å². The first kappa shape index (κ1) is 25.5. The molecule has 6 heteroatoms. The van der Waals surface area contributed by atoms with Gasteiger partial charge in [-0.05, 0) is 54.7 Å². The van der Waals surface area contributed by atoms with Gasteiger partial charge in [0.15, 0.2) is 11.5 Å². The van der Waals surface area contributed by atoms with Crippen LogP contribution in [-0.4, -0.2) is 50.6 Å². The van der Waals surface area contributed by atoms with Gasteiger partial charge in [0.2, 0.25) is 5.91 Å². The van der Waals surface area contributed by atoms with Crippen LogP contribution in [0, 0.1) is 23.7 Å². The van der Waals surface area contributed by atoms with Gasteiger partial charge in [-0.25, -0.2) is 0 Å². The van der Waals surface area contributed by atoms with Crippen molar-refractivity contribution in [3.05, 3.63) is 23.8 Å². The average Bonchev–Trinajstić information content (AvgIpc) is 2.72. The molecular formula is C25H41NO5. The fourth-order valence-corrected chi connectivity index (χ4v) is 4.27. The maximum Gasteiger partial charge on any atom is 0.223 e. The lowest BCUT2D eigenvalue weighted by molar-refractivity contribution is -0.133. The topological polar surface area (TPSA) is 77.0 Å². The summed E-state index contributed by atoms with van der Waals surface area (Å²) in [6.45, 7) is 9.69. The van der Waals surface area contributed by atoms with Crippen molar-refractivity contribution in [1.29, 1.82) is 0 Å². The van der Waals surface area contributed by atoms with E-state index in [0.29, 0.717) is 31.5 Å². The first-order chi connectivity index (χ1) is 14.8. The van der Waals surface area contributed by atoms with E-state index in [0.717, 1.165) is 36.3 Å². The number of nitrogens with one attached hydrogen (secondary N) is 1. The predicted molar refractivity (Wildman–Crippen MR) is 123 cm³/mol. The van der Waals surface area contributed by atoms with Gasteiger partial charge in [-0.3, -0.25) is 4.79 Å². The Labute approximate surface area is 187 Å². The average molecular weight is 436 g/mol. The predicted octanol–water partition coefficient (Wildman–Crippen LogP) is 3.84. The molecule has 4 atom stereocenters. The van der Waals surface area contributed by atoms with Crippen molar-refractivity contribution in [1.82, 2.24) is 5.32 Å². The standard InChI is InChI=1S/C25H41NO5/c1-16(2)19(14-21-22(27)15-20(17(3)4)25(28)26-21)12-18-8-9-23(30-6)24(13-18)31-11-7-10-29-5/h8-9,13,16-17,19-22,27H,7,10-12,14-15H2,1-6H3,(H,26,28)/t19-,20+,21+,22+/m1/s1. The number of aliphatic hydroxyl groups is 1. The van der Waals surface area contributed by atoms with Crippen molar-refractivity contribution in [3.8, 4) is 11.5 Å². The molecule has 176 valence electrons. The second kappa shape index (κ2) is 12.3. The Bertz CT molecular complexity index is 690. The number of benzene rings is 1. The van der Waals surface area contributed by atoms with Gasteiger partial charge in [-0.2, -0.15) is 0 Å². The molecule has 0 aliphatic carbocycles. The number of amides is 1. The van der Waals surface area contributed by atoms with Crippen LogP contribution in [0.2, 0.25) is 0 Å². The monoisotopic (exact) mass is 435 g/mol. The van der Waals surface area contributed by atoms with Gasteiger partial charge in [-0.1, -0.05) is 33.8 Å². The lowest BCUT2D eigenvalue weighted by Crippen LogP contribution is -2.54. The van der Waals surface area contributed by atoms with Gasteiger partial charge in [0.05, 0.1) is 25.9 Å². The van der Waals surface area contributed by atoms with Crippen molar-refractivity contribution in [2.45, 2.75) is 65.5 Å². The van der Waals surface area contributed by atoms with Gasteiger partial charge in [0, 0.05) is 26.1 Å². The Kier molecular flexibility index (Phi) is 10.1. The zero-order chi connectivity index (χ0) is 23.0. The molecule has 31 heavy (non-hydrogen) atoms. The largest absolute Gasteiger partial charge is 0.493 e. The van der Waals surface area contributed by atoms with Gasteiger partial charge >= 0.3 is 0 Å². The summed E-state index contributed by atoms with van der Waals surface area (Å²) in [6.07, 6.45) is 2.46. The smallest absolute Gasteiger partial charge is 0.223 e. The molecule has 1 saturated heterocycles. The quantitative estimate of drug-likeness (QED) is 0.488. The van der Waals surface area contributed by atoms with Gasteiger partial charge in [-0.15, -0.1) is 0 Å². The zero-order valence-corrected chi connectivity index (χ0v) is 20.0. The summed E-state index contributed by atoms with van der Waals surface area (Å²) in [7, 11) is 3.33. The van der Waals surface area contributed by atoms with E-state index in [9.17, 15) is 9.90 Å². The van der Waals surface area contributed by atoms with E-state index in [1.54, 1.807) is 14.2 Å². The number of methoxy groups -OCH3 is 2. The minimum absolute atomic E-state index is 0.0731. The first-order valence-electron chi connectivity index (χ1n) is 11.5. The fraction of sp³-hybridized carbons (Fsp3) is 0.720. The molecule has 1 aromatic rings. The number of rotatable bonds is 12. The molecule has 1 aliphatic heterocycles. The fourth-order valence-electron chi connectivity index (χ4n) is 4.27. The lowest BCUT2D eigenvalue weighted by atomic mass is 9.78. The Hall–Kier alpha value is -1.79. The van der Waals surface area contributed by atoms with Crippen molar-refractivity contribution in [2.75, 3.05) is 27.4 Å². The van der Waals surface area contributed by atoms with Crippen molar-refractivity contribution in [3.63, 3.8) is 0 Å². The van der Waals surface area contributed by atoms with Crippen LogP contribution in [0.15, 0.2) is 18.2 Å². The second-order valence-corrected chi connectivity index (χ2v) is 9.39. The number of hydrogen-bond acceptors (Lipinski definition) is 5. The number of ether oxygens (including phenoxy) is 3. The SMILES string of the molecule is COCCCOc1cc(C[C@H](C[C@@H]2NC(=O)[C@H](C(C)C)C[C@@H]2O)C(C)C)ccc1OC. The Balaban J connectivity index is 2.06. The molecule has 0 saturated carbocycles. The summed E-state index contributed by atoms with van der Waals surface area (Å²) in [6, 6.07) is 5.87. The Morgan fingerprint density at radius 1 is 1.13 bits per heavy atom. The highest BCUT2D eigenvalue weighted by Crippen LogP contribution is 2.33. The molecule has 1 aliphatic rings. The van der Waals surface area contributed by atoms with Crippen molar-refractivity contribution < 1.29 is 24.1 Å². The number of piperidine rings is 1. The summed E-state index contributed by atoms with van der Waals surface area (Å²) >= 11 is 0. The molecule has 0 aromatic heterocycles. The van der Waals surface area contributed by atoms with E-state index in [-0.39, 0.29) is 23.8 Å². The van der Waals surface area contributed by atoms with E-state index in [2.05, 4.69) is 25.2 Å². The number of carbonyl (C=O) groups excluding carboxylic acids is 1. The molecule has 0 unspecified atom stereocenters. The normalized spacial score (nSPS) is 22.5. The maximum absolute atomic E-state index is 12.5. The van der Waals surface area contributed by atoms with Crippen LogP contribution in [0.5, 0.6) is 11.5 Å². The molecule has 6 nitrogen and oxygen atoms in total. The van der Waals surface area contributed by atoms with Crippen molar-refractivity contribution in [2.24, 2.45) is 23.7 Å². The van der Waals surface area contributed by atoms with Crippen LogP contribution >= 0.6 is 0 Å². The second-order valence-electron chi connectivity index (χ2n) is 9.39.